The molecule has 132 valence electrons. The molecular formula is C18H27N3O3. The van der Waals surface area contributed by atoms with E-state index in [9.17, 15) is 9.59 Å². The van der Waals surface area contributed by atoms with E-state index < -0.39 is 0 Å². The topological polar surface area (TPSA) is 62.7 Å². The van der Waals surface area contributed by atoms with E-state index in [1.54, 1.807) is 17.2 Å². The molecule has 0 aromatic carbocycles. The van der Waals surface area contributed by atoms with E-state index >= 15 is 0 Å². The second-order valence-corrected chi connectivity index (χ2v) is 7.27. The summed E-state index contributed by atoms with van der Waals surface area (Å²) in [6.45, 7) is 10.9. The van der Waals surface area contributed by atoms with Crippen molar-refractivity contribution in [3.63, 3.8) is 0 Å². The van der Waals surface area contributed by atoms with Gasteiger partial charge in [0.2, 0.25) is 0 Å². The molecule has 0 unspecified atom stereocenters. The van der Waals surface area contributed by atoms with E-state index in [-0.39, 0.29) is 17.3 Å². The zero-order chi connectivity index (χ0) is 17.7. The van der Waals surface area contributed by atoms with E-state index in [1.807, 2.05) is 33.8 Å². The molecule has 24 heavy (non-hydrogen) atoms. The molecule has 1 aliphatic rings. The maximum absolute atomic E-state index is 12.1. The Morgan fingerprint density at radius 3 is 2.46 bits per heavy atom. The summed E-state index contributed by atoms with van der Waals surface area (Å²) in [5.41, 5.74) is 0.655. The fraction of sp³-hybridized carbons (Fsp3) is 0.611. The number of hydrogen-bond acceptors (Lipinski definition) is 5. The van der Waals surface area contributed by atoms with Gasteiger partial charge in [0.15, 0.2) is 5.78 Å². The predicted octanol–water partition coefficient (Wildman–Crippen LogP) is 2.98. The molecule has 1 aromatic heterocycles. The van der Waals surface area contributed by atoms with Crippen molar-refractivity contribution in [1.29, 1.82) is 0 Å². The Hall–Kier alpha value is -2.11. The number of hydrogen-bond donors (Lipinski definition) is 0. The van der Waals surface area contributed by atoms with Crippen LogP contribution in [0.4, 0.5) is 10.6 Å². The highest BCUT2D eigenvalue weighted by atomic mass is 16.6. The number of anilines is 1. The van der Waals surface area contributed by atoms with Gasteiger partial charge in [-0.3, -0.25) is 4.79 Å². The first-order chi connectivity index (χ1) is 11.3. The maximum atomic E-state index is 12.1. The number of amides is 1. The molecular weight excluding hydrogens is 306 g/mol. The fourth-order valence-corrected chi connectivity index (χ4v) is 2.46. The quantitative estimate of drug-likeness (QED) is 0.793. The minimum atomic E-state index is -0.257. The van der Waals surface area contributed by atoms with Gasteiger partial charge < -0.3 is 14.5 Å². The molecule has 1 amide bonds. The van der Waals surface area contributed by atoms with Crippen LogP contribution < -0.4 is 4.90 Å². The first-order valence-corrected chi connectivity index (χ1v) is 8.46. The van der Waals surface area contributed by atoms with Gasteiger partial charge in [-0.25, -0.2) is 9.78 Å². The summed E-state index contributed by atoms with van der Waals surface area (Å²) in [5.74, 6) is 0.903. The first kappa shape index (κ1) is 18.2. The second kappa shape index (κ2) is 7.64. The number of nitrogens with zero attached hydrogens (tertiary/aromatic N) is 3. The van der Waals surface area contributed by atoms with E-state index in [0.717, 1.165) is 5.82 Å². The third kappa shape index (κ3) is 4.94. The highest BCUT2D eigenvalue weighted by molar-refractivity contribution is 5.96. The first-order valence-electron chi connectivity index (χ1n) is 8.46. The molecule has 1 fully saturated rings. The lowest BCUT2D eigenvalue weighted by Gasteiger charge is -2.35. The number of ketones is 1. The lowest BCUT2D eigenvalue weighted by Crippen LogP contribution is -2.49. The Labute approximate surface area is 143 Å². The molecule has 0 radical (unpaired) electrons. The molecule has 1 aromatic rings. The molecule has 2 heterocycles. The van der Waals surface area contributed by atoms with Crippen LogP contribution in [0.15, 0.2) is 18.3 Å². The second-order valence-electron chi connectivity index (χ2n) is 7.27. The lowest BCUT2D eigenvalue weighted by molar-refractivity contribution is 0.0707. The van der Waals surface area contributed by atoms with Gasteiger partial charge in [0.1, 0.15) is 5.82 Å². The molecule has 6 heteroatoms. The van der Waals surface area contributed by atoms with Crippen molar-refractivity contribution in [3.8, 4) is 0 Å². The van der Waals surface area contributed by atoms with Gasteiger partial charge in [-0.1, -0.05) is 27.7 Å². The van der Waals surface area contributed by atoms with Crippen molar-refractivity contribution in [3.05, 3.63) is 23.9 Å². The van der Waals surface area contributed by atoms with Crippen molar-refractivity contribution < 1.29 is 14.3 Å². The number of carbonyl (C=O) groups excluding carboxylic acids is 2. The van der Waals surface area contributed by atoms with Crippen LogP contribution in [0, 0.1) is 5.41 Å². The van der Waals surface area contributed by atoms with Crippen LogP contribution in [0.2, 0.25) is 0 Å². The Bertz CT molecular complexity index is 587. The average Bonchev–Trinajstić information content (AvgIpc) is 2.58. The number of rotatable bonds is 4. The summed E-state index contributed by atoms with van der Waals surface area (Å²) in [5, 5.41) is 0. The Balaban J connectivity index is 1.91. The molecule has 0 aliphatic carbocycles. The summed E-state index contributed by atoms with van der Waals surface area (Å²) in [6, 6.07) is 3.58. The van der Waals surface area contributed by atoms with Gasteiger partial charge in [0.25, 0.3) is 0 Å². The molecule has 0 atom stereocenters. The van der Waals surface area contributed by atoms with Gasteiger partial charge in [-0.05, 0) is 17.5 Å². The Kier molecular flexibility index (Phi) is 5.80. The predicted molar refractivity (Wildman–Crippen MR) is 93.4 cm³/mol. The minimum Gasteiger partial charge on any atom is -0.449 e. The maximum Gasteiger partial charge on any atom is 0.409 e. The van der Waals surface area contributed by atoms with Gasteiger partial charge in [0.05, 0.1) is 6.61 Å². The van der Waals surface area contributed by atoms with Gasteiger partial charge in [-0.15, -0.1) is 0 Å². The van der Waals surface area contributed by atoms with Gasteiger partial charge in [0, 0.05) is 44.4 Å². The van der Waals surface area contributed by atoms with Crippen molar-refractivity contribution in [1.82, 2.24) is 9.88 Å². The Morgan fingerprint density at radius 1 is 1.21 bits per heavy atom. The summed E-state index contributed by atoms with van der Waals surface area (Å²) in [7, 11) is 0. The average molecular weight is 333 g/mol. The van der Waals surface area contributed by atoms with Crippen LogP contribution in [0.1, 0.15) is 44.5 Å². The van der Waals surface area contributed by atoms with Crippen molar-refractivity contribution in [2.45, 2.75) is 34.1 Å². The van der Waals surface area contributed by atoms with Crippen molar-refractivity contribution >= 4 is 17.7 Å². The van der Waals surface area contributed by atoms with Gasteiger partial charge in [-0.2, -0.15) is 0 Å². The summed E-state index contributed by atoms with van der Waals surface area (Å²) >= 11 is 0. The number of Topliss-reactive ketones (excluding diaryl/α,β-unsaturated/α-hetero) is 1. The van der Waals surface area contributed by atoms with Crippen molar-refractivity contribution in [2.24, 2.45) is 5.41 Å². The fourth-order valence-electron chi connectivity index (χ4n) is 2.46. The third-order valence-electron chi connectivity index (χ3n) is 3.88. The number of piperazine rings is 1. The number of ether oxygens (including phenoxy) is 1. The molecule has 0 bridgehead atoms. The van der Waals surface area contributed by atoms with E-state index in [1.165, 1.54) is 0 Å². The van der Waals surface area contributed by atoms with Crippen LogP contribution >= 0.6 is 0 Å². The molecule has 6 nitrogen and oxygen atoms in total. The van der Waals surface area contributed by atoms with E-state index in [4.69, 9.17) is 4.74 Å². The third-order valence-corrected chi connectivity index (χ3v) is 3.88. The molecule has 0 N–H and O–H groups in total. The standard InChI is InChI=1S/C18H27N3O3/c1-5-15(22)14-6-7-19-16(12-14)20-8-10-21(11-9-20)17(23)24-13-18(2,3)4/h6-7,12H,5,8-11,13H2,1-4H3. The van der Waals surface area contributed by atoms with E-state index in [2.05, 4.69) is 9.88 Å². The number of carbonyl (C=O) groups is 2. The number of pyridine rings is 1. The highest BCUT2D eigenvalue weighted by Gasteiger charge is 2.24. The largest absolute Gasteiger partial charge is 0.449 e. The summed E-state index contributed by atoms with van der Waals surface area (Å²) < 4.78 is 5.36. The minimum absolute atomic E-state index is 0.0341. The van der Waals surface area contributed by atoms with Crippen LogP contribution in [0.3, 0.4) is 0 Å². The molecule has 1 saturated heterocycles. The SMILES string of the molecule is CCC(=O)c1ccnc(N2CCN(C(=O)OCC(C)(C)C)CC2)c1. The zero-order valence-corrected chi connectivity index (χ0v) is 15.0. The number of aromatic nitrogens is 1. The smallest absolute Gasteiger partial charge is 0.409 e. The summed E-state index contributed by atoms with van der Waals surface area (Å²) in [4.78, 5) is 32.1. The van der Waals surface area contributed by atoms with Gasteiger partial charge >= 0.3 is 6.09 Å². The van der Waals surface area contributed by atoms with Crippen LogP contribution in [0.5, 0.6) is 0 Å². The summed E-state index contributed by atoms with van der Waals surface area (Å²) in [6.07, 6.45) is 1.89. The van der Waals surface area contributed by atoms with Crippen LogP contribution in [-0.4, -0.2) is 54.5 Å². The molecule has 2 rings (SSSR count). The highest BCUT2D eigenvalue weighted by Crippen LogP contribution is 2.18. The Morgan fingerprint density at radius 2 is 1.88 bits per heavy atom. The van der Waals surface area contributed by atoms with Crippen LogP contribution in [0.25, 0.3) is 0 Å². The van der Waals surface area contributed by atoms with Crippen molar-refractivity contribution in [2.75, 3.05) is 37.7 Å². The molecule has 1 aliphatic heterocycles. The molecule has 0 saturated carbocycles. The van der Waals surface area contributed by atoms with E-state index in [0.29, 0.717) is 44.8 Å². The zero-order valence-electron chi connectivity index (χ0n) is 15.0. The lowest BCUT2D eigenvalue weighted by atomic mass is 9.99. The monoisotopic (exact) mass is 333 g/mol. The van der Waals surface area contributed by atoms with Crippen LogP contribution in [-0.2, 0) is 4.74 Å². The molecule has 0 spiro atoms. The normalized spacial score (nSPS) is 15.3.